The highest BCUT2D eigenvalue weighted by atomic mass is 32.2. The Morgan fingerprint density at radius 2 is 2.14 bits per heavy atom. The Bertz CT molecular complexity index is 740. The summed E-state index contributed by atoms with van der Waals surface area (Å²) >= 11 is 1.58. The van der Waals surface area contributed by atoms with Gasteiger partial charge in [-0.25, -0.2) is 4.79 Å². The first-order valence-corrected chi connectivity index (χ1v) is 10.6. The van der Waals surface area contributed by atoms with E-state index in [-0.39, 0.29) is 17.2 Å². The standard InChI is InChI=1S/C21H28N2O5S/c1-4-13-28-18-11-6-5-9-16(18)20-23(19(25)14-29-20)12-8-7-10-17(21(26)27-3)22-15(2)24/h4-6,9,11,17,20H,1,7-8,10,12-14H2,2-3H3,(H,22,24). The van der Waals surface area contributed by atoms with Crippen molar-refractivity contribution < 1.29 is 23.9 Å². The van der Waals surface area contributed by atoms with Crippen LogP contribution in [0, 0.1) is 0 Å². The molecule has 0 bridgehead atoms. The SMILES string of the molecule is C=CCOc1ccccc1C1SCC(=O)N1CCCCC(NC(C)=O)C(=O)OC. The van der Waals surface area contributed by atoms with Gasteiger partial charge in [0.25, 0.3) is 0 Å². The number of unbranched alkanes of at least 4 members (excludes halogenated alkanes) is 1. The second-order valence-electron chi connectivity index (χ2n) is 6.66. The highest BCUT2D eigenvalue weighted by Gasteiger charge is 2.34. The van der Waals surface area contributed by atoms with Crippen LogP contribution in [0.25, 0.3) is 0 Å². The maximum atomic E-state index is 12.4. The van der Waals surface area contributed by atoms with Gasteiger partial charge in [-0.3, -0.25) is 9.59 Å². The molecule has 1 saturated heterocycles. The van der Waals surface area contributed by atoms with E-state index in [0.29, 0.717) is 38.2 Å². The number of carbonyl (C=O) groups is 3. The molecule has 1 aromatic carbocycles. The average molecular weight is 421 g/mol. The van der Waals surface area contributed by atoms with Crippen LogP contribution in [0.4, 0.5) is 0 Å². The van der Waals surface area contributed by atoms with E-state index in [1.54, 1.807) is 17.8 Å². The van der Waals surface area contributed by atoms with Gasteiger partial charge in [0, 0.05) is 19.0 Å². The van der Waals surface area contributed by atoms with Crippen molar-refractivity contribution in [3.05, 3.63) is 42.5 Å². The van der Waals surface area contributed by atoms with Crippen LogP contribution in [-0.4, -0.2) is 54.7 Å². The molecule has 2 unspecified atom stereocenters. The zero-order chi connectivity index (χ0) is 21.2. The van der Waals surface area contributed by atoms with Crippen LogP contribution in [0.15, 0.2) is 36.9 Å². The summed E-state index contributed by atoms with van der Waals surface area (Å²) in [6.45, 7) is 6.02. The summed E-state index contributed by atoms with van der Waals surface area (Å²) < 4.78 is 10.5. The lowest BCUT2D eigenvalue weighted by Gasteiger charge is -2.26. The molecule has 0 spiro atoms. The van der Waals surface area contributed by atoms with E-state index in [0.717, 1.165) is 11.3 Å². The molecule has 1 fully saturated rings. The zero-order valence-corrected chi connectivity index (χ0v) is 17.7. The molecule has 2 amide bonds. The number of benzene rings is 1. The Labute approximate surface area is 175 Å². The molecular formula is C21H28N2O5S. The second-order valence-corrected chi connectivity index (χ2v) is 7.73. The molecule has 2 rings (SSSR count). The number of hydrogen-bond donors (Lipinski definition) is 1. The van der Waals surface area contributed by atoms with Crippen molar-refractivity contribution in [3.8, 4) is 5.75 Å². The molecule has 158 valence electrons. The van der Waals surface area contributed by atoms with Gasteiger partial charge in [0.15, 0.2) is 0 Å². The van der Waals surface area contributed by atoms with Crippen molar-refractivity contribution in [1.82, 2.24) is 10.2 Å². The van der Waals surface area contributed by atoms with E-state index in [1.165, 1.54) is 14.0 Å². The van der Waals surface area contributed by atoms with E-state index in [2.05, 4.69) is 11.9 Å². The minimum absolute atomic E-state index is 0.0879. The first-order chi connectivity index (χ1) is 14.0. The van der Waals surface area contributed by atoms with Crippen LogP contribution in [0.3, 0.4) is 0 Å². The molecule has 8 heteroatoms. The van der Waals surface area contributed by atoms with Crippen molar-refractivity contribution in [1.29, 1.82) is 0 Å². The number of methoxy groups -OCH3 is 1. The van der Waals surface area contributed by atoms with Gasteiger partial charge in [-0.1, -0.05) is 30.9 Å². The molecule has 1 aliphatic heterocycles. The Morgan fingerprint density at radius 3 is 2.83 bits per heavy atom. The highest BCUT2D eigenvalue weighted by Crippen LogP contribution is 2.42. The molecule has 1 aromatic rings. The van der Waals surface area contributed by atoms with Crippen LogP contribution in [0.5, 0.6) is 5.75 Å². The maximum absolute atomic E-state index is 12.4. The third kappa shape index (κ3) is 6.52. The van der Waals surface area contributed by atoms with Gasteiger partial charge in [0.05, 0.1) is 12.9 Å². The van der Waals surface area contributed by atoms with Gasteiger partial charge < -0.3 is 19.7 Å². The summed E-state index contributed by atoms with van der Waals surface area (Å²) in [5, 5.41) is 2.51. The van der Waals surface area contributed by atoms with Crippen LogP contribution < -0.4 is 10.1 Å². The molecule has 7 nitrogen and oxygen atoms in total. The molecule has 2 atom stereocenters. The quantitative estimate of drug-likeness (QED) is 0.337. The second kappa shape index (κ2) is 11.5. The molecule has 0 aromatic heterocycles. The lowest BCUT2D eigenvalue weighted by molar-refractivity contribution is -0.145. The number of nitrogens with zero attached hydrogens (tertiary/aromatic N) is 1. The van der Waals surface area contributed by atoms with Crippen molar-refractivity contribution in [2.75, 3.05) is 26.0 Å². The summed E-state index contributed by atoms with van der Waals surface area (Å²) in [7, 11) is 1.30. The summed E-state index contributed by atoms with van der Waals surface area (Å²) in [5.41, 5.74) is 0.968. The maximum Gasteiger partial charge on any atom is 0.328 e. The van der Waals surface area contributed by atoms with Crippen molar-refractivity contribution >= 4 is 29.5 Å². The van der Waals surface area contributed by atoms with Crippen LogP contribution >= 0.6 is 11.8 Å². The predicted octanol–water partition coefficient (Wildman–Crippen LogP) is 2.67. The average Bonchev–Trinajstić information content (AvgIpc) is 3.08. The minimum atomic E-state index is -0.662. The van der Waals surface area contributed by atoms with Gasteiger partial charge in [-0.05, 0) is 25.3 Å². The summed E-state index contributed by atoms with van der Waals surface area (Å²) in [6.07, 6.45) is 3.54. The van der Waals surface area contributed by atoms with E-state index < -0.39 is 12.0 Å². The number of hydrogen-bond acceptors (Lipinski definition) is 6. The number of rotatable bonds is 11. The minimum Gasteiger partial charge on any atom is -0.489 e. The van der Waals surface area contributed by atoms with Crippen molar-refractivity contribution in [3.63, 3.8) is 0 Å². The third-order valence-electron chi connectivity index (χ3n) is 4.51. The summed E-state index contributed by atoms with van der Waals surface area (Å²) in [5.74, 6) is 0.532. The van der Waals surface area contributed by atoms with Gasteiger partial charge in [0.1, 0.15) is 23.8 Å². The molecule has 0 radical (unpaired) electrons. The molecule has 1 aliphatic rings. The number of carbonyl (C=O) groups excluding carboxylic acids is 3. The largest absolute Gasteiger partial charge is 0.489 e. The number of para-hydroxylation sites is 1. The van der Waals surface area contributed by atoms with Gasteiger partial charge >= 0.3 is 5.97 Å². The number of thioether (sulfide) groups is 1. The Hall–Kier alpha value is -2.48. The fourth-order valence-corrected chi connectivity index (χ4v) is 4.43. The van der Waals surface area contributed by atoms with Gasteiger partial charge in [-0.2, -0.15) is 0 Å². The zero-order valence-electron chi connectivity index (χ0n) is 16.9. The lowest BCUT2D eigenvalue weighted by Crippen LogP contribution is -2.40. The van der Waals surface area contributed by atoms with Gasteiger partial charge in [-0.15, -0.1) is 11.8 Å². The number of ether oxygens (including phenoxy) is 2. The smallest absolute Gasteiger partial charge is 0.328 e. The first-order valence-electron chi connectivity index (χ1n) is 9.56. The van der Waals surface area contributed by atoms with Crippen LogP contribution in [0.1, 0.15) is 37.1 Å². The first kappa shape index (κ1) is 22.8. The normalized spacial score (nSPS) is 17.0. The third-order valence-corrected chi connectivity index (χ3v) is 5.75. The van der Waals surface area contributed by atoms with E-state index in [4.69, 9.17) is 9.47 Å². The fraction of sp³-hybridized carbons (Fsp3) is 0.476. The summed E-state index contributed by atoms with van der Waals surface area (Å²) in [6, 6.07) is 7.06. The lowest BCUT2D eigenvalue weighted by atomic mass is 10.1. The van der Waals surface area contributed by atoms with E-state index >= 15 is 0 Å². The van der Waals surface area contributed by atoms with Gasteiger partial charge in [0.2, 0.25) is 11.8 Å². The Balaban J connectivity index is 1.97. The summed E-state index contributed by atoms with van der Waals surface area (Å²) in [4.78, 5) is 37.3. The fourth-order valence-electron chi connectivity index (χ4n) is 3.19. The predicted molar refractivity (Wildman–Crippen MR) is 113 cm³/mol. The Morgan fingerprint density at radius 1 is 1.38 bits per heavy atom. The number of esters is 1. The van der Waals surface area contributed by atoms with E-state index in [1.807, 2.05) is 29.2 Å². The molecule has 0 saturated carbocycles. The topological polar surface area (TPSA) is 84.9 Å². The van der Waals surface area contributed by atoms with Crippen molar-refractivity contribution in [2.45, 2.75) is 37.6 Å². The Kier molecular flexibility index (Phi) is 9.05. The molecule has 0 aliphatic carbocycles. The number of amides is 2. The molecule has 1 heterocycles. The molecule has 1 N–H and O–H groups in total. The molecule has 29 heavy (non-hydrogen) atoms. The highest BCUT2D eigenvalue weighted by molar-refractivity contribution is 8.00. The molecular weight excluding hydrogens is 392 g/mol. The van der Waals surface area contributed by atoms with Crippen LogP contribution in [0.2, 0.25) is 0 Å². The monoisotopic (exact) mass is 420 g/mol. The van der Waals surface area contributed by atoms with Crippen molar-refractivity contribution in [2.24, 2.45) is 0 Å². The van der Waals surface area contributed by atoms with Crippen LogP contribution in [-0.2, 0) is 19.1 Å². The van der Waals surface area contributed by atoms with E-state index in [9.17, 15) is 14.4 Å². The number of nitrogens with one attached hydrogen (secondary N) is 1.